The number of carbonyl (C=O) groups is 1. The number of fused-ring (bicyclic) bond motifs is 1. The third kappa shape index (κ3) is 4.01. The number of ketones is 1. The molecule has 1 N–H and O–H groups in total. The molecule has 0 fully saturated rings. The highest BCUT2D eigenvalue weighted by atomic mass is 79.9. The molecule has 2 heterocycles. The van der Waals surface area contributed by atoms with Gasteiger partial charge in [-0.05, 0) is 36.8 Å². The van der Waals surface area contributed by atoms with E-state index in [1.807, 2.05) is 25.1 Å². The van der Waals surface area contributed by atoms with Gasteiger partial charge >= 0.3 is 0 Å². The van der Waals surface area contributed by atoms with Gasteiger partial charge in [0.05, 0.1) is 17.6 Å². The molecule has 9 heteroatoms. The Hall–Kier alpha value is -2.42. The maximum Gasteiger partial charge on any atom is 0.269 e. The number of thioether (sulfide) groups is 1. The van der Waals surface area contributed by atoms with E-state index in [0.717, 1.165) is 10.0 Å². The van der Waals surface area contributed by atoms with Crippen LogP contribution < -0.4 is 5.56 Å². The van der Waals surface area contributed by atoms with E-state index in [1.165, 1.54) is 22.5 Å². The molecule has 0 saturated heterocycles. The number of aromatic amines is 1. The largest absolute Gasteiger partial charge is 0.293 e. The second kappa shape index (κ2) is 8.14. The quantitative estimate of drug-likeness (QED) is 0.247. The van der Waals surface area contributed by atoms with Gasteiger partial charge in [-0.1, -0.05) is 57.5 Å². The van der Waals surface area contributed by atoms with Crippen LogP contribution in [0.5, 0.6) is 0 Å². The Balaban J connectivity index is 1.74. The van der Waals surface area contributed by atoms with E-state index in [2.05, 4.69) is 31.1 Å². The van der Waals surface area contributed by atoms with Crippen LogP contribution >= 0.6 is 39.3 Å². The minimum Gasteiger partial charge on any atom is -0.293 e. The van der Waals surface area contributed by atoms with E-state index in [1.54, 1.807) is 24.3 Å². The molecule has 0 atom stereocenters. The van der Waals surface area contributed by atoms with Crippen molar-refractivity contribution in [2.75, 3.05) is 5.75 Å². The summed E-state index contributed by atoms with van der Waals surface area (Å²) in [5.74, 6) is 0.0720. The van der Waals surface area contributed by atoms with Crippen LogP contribution in [0.1, 0.15) is 15.9 Å². The number of aromatic nitrogens is 4. The molecule has 146 valence electrons. The monoisotopic (exact) mass is 488 g/mol. The Labute approximate surface area is 183 Å². The zero-order valence-electron chi connectivity index (χ0n) is 15.1. The molecule has 6 nitrogen and oxygen atoms in total. The van der Waals surface area contributed by atoms with Gasteiger partial charge in [0.1, 0.15) is 5.39 Å². The summed E-state index contributed by atoms with van der Waals surface area (Å²) in [6.07, 6.45) is 1.44. The number of H-pyrrole nitrogens is 1. The van der Waals surface area contributed by atoms with Gasteiger partial charge in [0.15, 0.2) is 16.6 Å². The molecule has 0 spiro atoms. The number of hydrogen-bond donors (Lipinski definition) is 1. The Morgan fingerprint density at radius 3 is 2.72 bits per heavy atom. The van der Waals surface area contributed by atoms with E-state index in [-0.39, 0.29) is 17.1 Å². The van der Waals surface area contributed by atoms with E-state index in [4.69, 9.17) is 11.6 Å². The Bertz CT molecular complexity index is 1280. The summed E-state index contributed by atoms with van der Waals surface area (Å²) in [4.78, 5) is 30.2. The molecule has 0 saturated carbocycles. The summed E-state index contributed by atoms with van der Waals surface area (Å²) in [6.45, 7) is 1.89. The van der Waals surface area contributed by atoms with Crippen molar-refractivity contribution in [3.8, 4) is 5.69 Å². The van der Waals surface area contributed by atoms with Crippen LogP contribution in [0.3, 0.4) is 0 Å². The second-order valence-corrected chi connectivity index (χ2v) is 8.58. The van der Waals surface area contributed by atoms with Crippen molar-refractivity contribution in [3.05, 3.63) is 79.6 Å². The van der Waals surface area contributed by atoms with Crippen molar-refractivity contribution in [3.63, 3.8) is 0 Å². The third-order valence-electron chi connectivity index (χ3n) is 4.36. The lowest BCUT2D eigenvalue weighted by Crippen LogP contribution is -2.22. The van der Waals surface area contributed by atoms with Crippen molar-refractivity contribution in [2.45, 2.75) is 12.1 Å². The van der Waals surface area contributed by atoms with Crippen LogP contribution in [0.2, 0.25) is 5.02 Å². The fourth-order valence-corrected chi connectivity index (χ4v) is 4.11. The summed E-state index contributed by atoms with van der Waals surface area (Å²) in [5, 5.41) is 7.93. The van der Waals surface area contributed by atoms with Crippen LogP contribution in [0.15, 0.2) is 63.1 Å². The summed E-state index contributed by atoms with van der Waals surface area (Å²) in [5.41, 5.74) is 2.18. The Morgan fingerprint density at radius 1 is 1.24 bits per heavy atom. The minimum atomic E-state index is -0.276. The second-order valence-electron chi connectivity index (χ2n) is 6.32. The smallest absolute Gasteiger partial charge is 0.269 e. The highest BCUT2D eigenvalue weighted by Gasteiger charge is 2.17. The SMILES string of the molecule is Cc1ccc(-n2c(SCC(=O)c3ccc(Br)cc3)nc3[nH]ncc3c2=O)cc1Cl. The van der Waals surface area contributed by atoms with Gasteiger partial charge in [-0.3, -0.25) is 19.3 Å². The standard InChI is InChI=1S/C20H14BrClN4O2S/c1-11-2-7-14(8-16(11)22)26-19(28)15-9-23-25-18(15)24-20(26)29-10-17(27)12-3-5-13(21)6-4-12/h2-9H,10H2,1H3,(H,23,25). The summed E-state index contributed by atoms with van der Waals surface area (Å²) in [7, 11) is 0. The molecule has 0 unspecified atom stereocenters. The molecule has 0 amide bonds. The number of rotatable bonds is 5. The average molecular weight is 490 g/mol. The first-order chi connectivity index (χ1) is 13.9. The zero-order valence-corrected chi connectivity index (χ0v) is 18.3. The van der Waals surface area contributed by atoms with E-state index in [0.29, 0.717) is 32.5 Å². The van der Waals surface area contributed by atoms with Crippen molar-refractivity contribution >= 4 is 56.1 Å². The van der Waals surface area contributed by atoms with Crippen LogP contribution in [0, 0.1) is 6.92 Å². The van der Waals surface area contributed by atoms with E-state index in [9.17, 15) is 9.59 Å². The van der Waals surface area contributed by atoms with Gasteiger partial charge in [0.2, 0.25) is 0 Å². The number of nitrogens with zero attached hydrogens (tertiary/aromatic N) is 3. The normalized spacial score (nSPS) is 11.1. The molecule has 29 heavy (non-hydrogen) atoms. The summed E-state index contributed by atoms with van der Waals surface area (Å²) >= 11 is 10.8. The van der Waals surface area contributed by atoms with Crippen molar-refractivity contribution in [1.29, 1.82) is 0 Å². The highest BCUT2D eigenvalue weighted by Crippen LogP contribution is 2.25. The van der Waals surface area contributed by atoms with Gasteiger partial charge in [-0.15, -0.1) is 0 Å². The van der Waals surface area contributed by atoms with Gasteiger partial charge in [0.25, 0.3) is 5.56 Å². The topological polar surface area (TPSA) is 80.6 Å². The molecule has 0 aliphatic rings. The first kappa shape index (κ1) is 19.9. The highest BCUT2D eigenvalue weighted by molar-refractivity contribution is 9.10. The molecule has 0 aliphatic heterocycles. The van der Waals surface area contributed by atoms with Gasteiger partial charge < -0.3 is 0 Å². The number of hydrogen-bond acceptors (Lipinski definition) is 5. The lowest BCUT2D eigenvalue weighted by Gasteiger charge is -2.12. The van der Waals surface area contributed by atoms with Crippen molar-refractivity contribution in [2.24, 2.45) is 0 Å². The number of nitrogens with one attached hydrogen (secondary N) is 1. The summed E-state index contributed by atoms with van der Waals surface area (Å²) in [6, 6.07) is 12.5. The van der Waals surface area contributed by atoms with Gasteiger partial charge in [-0.25, -0.2) is 4.98 Å². The molecule has 4 aromatic rings. The first-order valence-corrected chi connectivity index (χ1v) is 10.7. The number of carbonyl (C=O) groups excluding carboxylic acids is 1. The molecule has 0 bridgehead atoms. The molecular formula is C20H14BrClN4O2S. The number of benzene rings is 2. The molecule has 2 aromatic heterocycles. The maximum absolute atomic E-state index is 13.1. The van der Waals surface area contributed by atoms with E-state index < -0.39 is 0 Å². The lowest BCUT2D eigenvalue weighted by molar-refractivity contribution is 0.102. The number of halogens is 2. The zero-order chi connectivity index (χ0) is 20.5. The molecule has 4 rings (SSSR count). The predicted molar refractivity (Wildman–Crippen MR) is 118 cm³/mol. The Kier molecular flexibility index (Phi) is 5.58. The fraction of sp³-hybridized carbons (Fsp3) is 0.100. The molecule has 0 aliphatic carbocycles. The molecule has 2 aromatic carbocycles. The summed E-state index contributed by atoms with van der Waals surface area (Å²) < 4.78 is 2.36. The van der Waals surface area contributed by atoms with Gasteiger partial charge in [-0.2, -0.15) is 5.10 Å². The first-order valence-electron chi connectivity index (χ1n) is 8.58. The third-order valence-corrected chi connectivity index (χ3v) is 6.24. The fourth-order valence-electron chi connectivity index (χ4n) is 2.77. The van der Waals surface area contributed by atoms with Crippen LogP contribution in [-0.4, -0.2) is 31.3 Å². The lowest BCUT2D eigenvalue weighted by atomic mass is 10.2. The molecule has 0 radical (unpaired) electrons. The minimum absolute atomic E-state index is 0.0602. The van der Waals surface area contributed by atoms with Gasteiger partial charge in [0, 0.05) is 15.1 Å². The van der Waals surface area contributed by atoms with Crippen LogP contribution in [0.4, 0.5) is 0 Å². The number of Topliss-reactive ketones (excluding diaryl/α,β-unsaturated/α-hetero) is 1. The average Bonchev–Trinajstić information content (AvgIpc) is 3.18. The number of aryl methyl sites for hydroxylation is 1. The van der Waals surface area contributed by atoms with E-state index >= 15 is 0 Å². The Morgan fingerprint density at radius 2 is 2.00 bits per heavy atom. The van der Waals surface area contributed by atoms with Crippen molar-refractivity contribution in [1.82, 2.24) is 19.7 Å². The maximum atomic E-state index is 13.1. The van der Waals surface area contributed by atoms with Crippen LogP contribution in [0.25, 0.3) is 16.7 Å². The van der Waals surface area contributed by atoms with Crippen molar-refractivity contribution < 1.29 is 4.79 Å². The molecular weight excluding hydrogens is 476 g/mol. The predicted octanol–water partition coefficient (Wildman–Crippen LogP) is 4.81. The van der Waals surface area contributed by atoms with Crippen LogP contribution in [-0.2, 0) is 0 Å².